The monoisotopic (exact) mass is 720 g/mol. The molecule has 3 saturated carbocycles. The van der Waals surface area contributed by atoms with Crippen molar-refractivity contribution in [3.63, 3.8) is 0 Å². The maximum atomic E-state index is 13.3. The van der Waals surface area contributed by atoms with Crippen molar-refractivity contribution in [2.24, 2.45) is 46.2 Å². The van der Waals surface area contributed by atoms with Gasteiger partial charge in [0, 0.05) is 12.3 Å². The van der Waals surface area contributed by atoms with Crippen LogP contribution < -0.4 is 5.73 Å². The van der Waals surface area contributed by atoms with E-state index in [0.717, 1.165) is 62.9 Å². The largest absolute Gasteiger partial charge is 0.501 e. The molecule has 0 aromatic rings. The van der Waals surface area contributed by atoms with Crippen LogP contribution in [-0.2, 0) is 23.7 Å². The van der Waals surface area contributed by atoms with Crippen LogP contribution in [0.5, 0.6) is 0 Å². The summed E-state index contributed by atoms with van der Waals surface area (Å²) in [4.78, 5) is 13.3. The van der Waals surface area contributed by atoms with Crippen molar-refractivity contribution in [3.8, 4) is 0 Å². The second kappa shape index (κ2) is 21.0. The summed E-state index contributed by atoms with van der Waals surface area (Å²) in [5.41, 5.74) is 6.06. The molecule has 1 heterocycles. The van der Waals surface area contributed by atoms with Gasteiger partial charge in [0.2, 0.25) is 0 Å². The van der Waals surface area contributed by atoms with Crippen molar-refractivity contribution >= 4 is 5.78 Å². The number of rotatable bonds is 9. The fourth-order valence-electron chi connectivity index (χ4n) is 10.1. The molecule has 1 saturated heterocycles. The van der Waals surface area contributed by atoms with Gasteiger partial charge in [0.05, 0.1) is 38.8 Å². The van der Waals surface area contributed by atoms with Gasteiger partial charge >= 0.3 is 0 Å². The first-order valence-corrected chi connectivity index (χ1v) is 19.7. The molecule has 0 radical (unpaired) electrons. The summed E-state index contributed by atoms with van der Waals surface area (Å²) in [5, 5.41) is 30.0. The van der Waals surface area contributed by atoms with Crippen molar-refractivity contribution in [1.29, 1.82) is 0 Å². The van der Waals surface area contributed by atoms with E-state index in [0.29, 0.717) is 23.5 Å². The number of carbonyl (C=O) groups is 1. The molecule has 12 unspecified atom stereocenters. The smallest absolute Gasteiger partial charge is 0.161 e. The van der Waals surface area contributed by atoms with Gasteiger partial charge in [0.15, 0.2) is 6.29 Å². The van der Waals surface area contributed by atoms with Gasteiger partial charge < -0.3 is 40.0 Å². The number of hydrogen-bond acceptors (Lipinski definition) is 9. The Kier molecular flexibility index (Phi) is 18.6. The van der Waals surface area contributed by atoms with E-state index in [9.17, 15) is 20.1 Å². The Morgan fingerprint density at radius 3 is 2.27 bits per heavy atom. The lowest BCUT2D eigenvalue weighted by molar-refractivity contribution is -0.271. The highest BCUT2D eigenvalue weighted by Crippen LogP contribution is 2.67. The first-order chi connectivity index (χ1) is 24.4. The van der Waals surface area contributed by atoms with Crippen LogP contribution in [0.2, 0.25) is 0 Å². The Morgan fingerprint density at radius 2 is 1.67 bits per heavy atom. The maximum Gasteiger partial charge on any atom is 0.161 e. The Morgan fingerprint density at radius 1 is 0.980 bits per heavy atom. The second-order valence-corrected chi connectivity index (χ2v) is 14.8. The van der Waals surface area contributed by atoms with Crippen LogP contribution in [0.4, 0.5) is 0 Å². The molecule has 4 fully saturated rings. The number of Topliss-reactive ketones (excluding diaryl/α,β-unsaturated/α-hetero) is 1. The number of aliphatic hydroxyl groups excluding tert-OH is 3. The standard InChI is InChI=1S/C37H56O8.2C2H6.CH5N/c1-22(42-5)10-12-26(43-6)13-11-24-18-30-28-9-7-8-25-19-27(44-33-20-31(40)35(41)32(21-38)45-33)14-16-36(25,3)29(28)15-17-37(30,4)34(24)23(2)39;3*1-2/h8,10-13,24,27-35,38,40-41H,7,9,14-21H2,1-6H3;2*1-2H3;2H2,1H3/b13-11+,22-10+,26-12+;;;. The van der Waals surface area contributed by atoms with Crippen LogP contribution >= 0.6 is 0 Å². The third kappa shape index (κ3) is 10.2. The Bertz CT molecular complexity index is 1200. The predicted molar refractivity (Wildman–Crippen MR) is 204 cm³/mol. The highest BCUT2D eigenvalue weighted by atomic mass is 16.7. The normalized spacial score (nSPS) is 39.2. The zero-order valence-electron chi connectivity index (χ0n) is 33.7. The first-order valence-electron chi connectivity index (χ1n) is 19.7. The number of fused-ring (bicyclic) bond motifs is 5. The van der Waals surface area contributed by atoms with E-state index in [1.807, 2.05) is 52.8 Å². The van der Waals surface area contributed by atoms with Gasteiger partial charge in [0.1, 0.15) is 23.8 Å². The number of carbonyl (C=O) groups excluding carboxylic acids is 1. The molecule has 0 spiro atoms. The number of allylic oxidation sites excluding steroid dienone is 6. The maximum absolute atomic E-state index is 13.3. The summed E-state index contributed by atoms with van der Waals surface area (Å²) in [6, 6.07) is 0. The number of ketones is 1. The van der Waals surface area contributed by atoms with Crippen LogP contribution in [0.25, 0.3) is 0 Å². The average Bonchev–Trinajstić information content (AvgIpc) is 3.37. The lowest BCUT2D eigenvalue weighted by Crippen LogP contribution is -2.52. The average molecular weight is 720 g/mol. The second-order valence-electron chi connectivity index (χ2n) is 14.8. The van der Waals surface area contributed by atoms with Gasteiger partial charge in [-0.3, -0.25) is 4.79 Å². The van der Waals surface area contributed by atoms with Gasteiger partial charge in [-0.25, -0.2) is 0 Å². The van der Waals surface area contributed by atoms with Gasteiger partial charge in [-0.1, -0.05) is 59.3 Å². The van der Waals surface area contributed by atoms with Gasteiger partial charge in [-0.15, -0.1) is 0 Å². The SMILES string of the molecule is CC.CC.CN.CO/C(C)=C/C=C(\C=C\C1CC2C3CCC=C4CC(OC5CC(O)C(O)C(CO)O5)CCC4(C)C3CCC2(C)C1C(C)=O)OC. The summed E-state index contributed by atoms with van der Waals surface area (Å²) in [6.07, 6.45) is 15.4. The van der Waals surface area contributed by atoms with Crippen LogP contribution in [-0.4, -0.2) is 79.7 Å². The van der Waals surface area contributed by atoms with Crippen LogP contribution in [0, 0.1) is 40.4 Å². The Balaban J connectivity index is 0.00000143. The van der Waals surface area contributed by atoms with Crippen LogP contribution in [0.1, 0.15) is 113 Å². The molecule has 12 atom stereocenters. The van der Waals surface area contributed by atoms with E-state index in [-0.39, 0.29) is 41.8 Å². The zero-order valence-corrected chi connectivity index (χ0v) is 33.7. The van der Waals surface area contributed by atoms with E-state index in [2.05, 4.69) is 31.7 Å². The van der Waals surface area contributed by atoms with E-state index in [1.54, 1.807) is 21.1 Å². The Labute approximate surface area is 309 Å². The van der Waals surface area contributed by atoms with E-state index < -0.39 is 24.6 Å². The highest BCUT2D eigenvalue weighted by Gasteiger charge is 2.61. The summed E-state index contributed by atoms with van der Waals surface area (Å²) in [6.45, 7) is 16.2. The van der Waals surface area contributed by atoms with E-state index in [1.165, 1.54) is 12.6 Å². The molecule has 4 aliphatic carbocycles. The van der Waals surface area contributed by atoms with Crippen molar-refractivity contribution in [2.75, 3.05) is 27.9 Å². The van der Waals surface area contributed by atoms with E-state index in [4.69, 9.17) is 18.9 Å². The minimum absolute atomic E-state index is 0.00814. The molecule has 0 aromatic heterocycles. The molecule has 5 aliphatic rings. The molecule has 51 heavy (non-hydrogen) atoms. The number of nitrogens with two attached hydrogens (primary N) is 1. The minimum atomic E-state index is -1.10. The lowest BCUT2D eigenvalue weighted by atomic mass is 9.50. The third-order valence-electron chi connectivity index (χ3n) is 12.5. The number of ether oxygens (including phenoxy) is 4. The summed E-state index contributed by atoms with van der Waals surface area (Å²) >= 11 is 0. The molecule has 0 amide bonds. The quantitative estimate of drug-likeness (QED) is 0.110. The summed E-state index contributed by atoms with van der Waals surface area (Å²) in [5.74, 6) is 3.66. The highest BCUT2D eigenvalue weighted by molar-refractivity contribution is 5.80. The van der Waals surface area contributed by atoms with Gasteiger partial charge in [-0.2, -0.15) is 0 Å². The minimum Gasteiger partial charge on any atom is -0.501 e. The predicted octanol–water partition coefficient (Wildman–Crippen LogP) is 7.25. The van der Waals surface area contributed by atoms with Gasteiger partial charge in [0.25, 0.3) is 0 Å². The van der Waals surface area contributed by atoms with Crippen molar-refractivity contribution in [3.05, 3.63) is 47.5 Å². The molecule has 5 N–H and O–H groups in total. The van der Waals surface area contributed by atoms with Crippen LogP contribution in [0.15, 0.2) is 47.5 Å². The number of aliphatic hydroxyl groups is 3. The molecule has 294 valence electrons. The number of methoxy groups -OCH3 is 2. The van der Waals surface area contributed by atoms with Gasteiger partial charge in [-0.05, 0) is 125 Å². The molecule has 9 heteroatoms. The van der Waals surface area contributed by atoms with Crippen LogP contribution in [0.3, 0.4) is 0 Å². The molecule has 0 bridgehead atoms. The fourth-order valence-corrected chi connectivity index (χ4v) is 10.1. The molecule has 5 rings (SSSR count). The molecule has 1 aliphatic heterocycles. The fraction of sp³-hybridized carbons (Fsp3) is 0.786. The third-order valence-corrected chi connectivity index (χ3v) is 12.5. The summed E-state index contributed by atoms with van der Waals surface area (Å²) < 4.78 is 23.1. The Hall–Kier alpha value is -2.01. The first kappa shape index (κ1) is 45.1. The molecular weight excluding hydrogens is 646 g/mol. The molecular formula is C42H73NO8. The lowest BCUT2D eigenvalue weighted by Gasteiger charge is -2.55. The van der Waals surface area contributed by atoms with Crippen molar-refractivity contribution in [1.82, 2.24) is 0 Å². The van der Waals surface area contributed by atoms with Crippen molar-refractivity contribution < 1.29 is 39.1 Å². The van der Waals surface area contributed by atoms with E-state index >= 15 is 0 Å². The molecule has 0 aromatic carbocycles. The summed E-state index contributed by atoms with van der Waals surface area (Å²) in [7, 11) is 4.83. The van der Waals surface area contributed by atoms with Crippen molar-refractivity contribution in [2.45, 2.75) is 144 Å². The zero-order chi connectivity index (χ0) is 38.5. The topological polar surface area (TPSA) is 141 Å². The number of hydrogen-bond donors (Lipinski definition) is 4. The molecule has 9 nitrogen and oxygen atoms in total.